The molecule has 45 heavy (non-hydrogen) atoms. The number of anilines is 2. The van der Waals surface area contributed by atoms with Gasteiger partial charge in [0.25, 0.3) is 0 Å². The number of alkyl halides is 1. The Morgan fingerprint density at radius 3 is 2.27 bits per heavy atom. The lowest BCUT2D eigenvalue weighted by atomic mass is 9.52. The number of aromatic hydroxyl groups is 1. The standard InChI is InChI=1S/C31H32BrClN4O8/c1-36(2)22-14-10-13-11-15-23(37(3)4)26(40)18(29(34)43)28(42)31(15,45)27(41)16(13)24(38)17(14)25(39)21(20(22)33)35-30(44)19(32)12-8-6-5-7-9-12/h5-9,13,15-16,18-19,23,39,45H,10-11H2,1-4H3,(H2,34,43)(H,35,44)/t13?,15?,16?,18?,19?,23-,31-/m0/s1. The van der Waals surface area contributed by atoms with Gasteiger partial charge in [0.1, 0.15) is 10.5 Å². The van der Waals surface area contributed by atoms with E-state index in [1.165, 1.54) is 19.0 Å². The summed E-state index contributed by atoms with van der Waals surface area (Å²) in [5.41, 5.74) is 3.24. The molecule has 0 spiro atoms. The predicted molar refractivity (Wildman–Crippen MR) is 167 cm³/mol. The van der Waals surface area contributed by atoms with E-state index in [0.717, 1.165) is 0 Å². The summed E-state index contributed by atoms with van der Waals surface area (Å²) in [7, 11) is 6.35. The number of rotatable bonds is 6. The van der Waals surface area contributed by atoms with Gasteiger partial charge in [0.15, 0.2) is 40.4 Å². The van der Waals surface area contributed by atoms with Crippen LogP contribution in [0.25, 0.3) is 0 Å². The Balaban J connectivity index is 1.63. The first kappa shape index (κ1) is 32.7. The van der Waals surface area contributed by atoms with Crippen LogP contribution < -0.4 is 16.0 Å². The number of benzene rings is 2. The van der Waals surface area contributed by atoms with Crippen molar-refractivity contribution in [1.82, 2.24) is 4.90 Å². The fourth-order valence-electron chi connectivity index (χ4n) is 7.23. The van der Waals surface area contributed by atoms with Gasteiger partial charge in [0.05, 0.1) is 28.2 Å². The molecule has 0 saturated heterocycles. The van der Waals surface area contributed by atoms with E-state index in [4.69, 9.17) is 17.3 Å². The highest BCUT2D eigenvalue weighted by Gasteiger charge is 2.69. The molecular weight excluding hydrogens is 672 g/mol. The minimum Gasteiger partial charge on any atom is -0.505 e. The number of nitrogens with two attached hydrogens (primary N) is 1. The number of phenolic OH excluding ortho intramolecular Hbond substituents is 1. The average molecular weight is 704 g/mol. The summed E-state index contributed by atoms with van der Waals surface area (Å²) >= 11 is 10.1. The number of Topliss-reactive ketones (excluding diaryl/α,β-unsaturated/α-hetero) is 4. The number of nitrogens with zero attached hydrogens (tertiary/aromatic N) is 2. The van der Waals surface area contributed by atoms with Gasteiger partial charge in [-0.2, -0.15) is 0 Å². The number of ketones is 4. The molecule has 2 saturated carbocycles. The van der Waals surface area contributed by atoms with E-state index in [1.807, 2.05) is 0 Å². The van der Waals surface area contributed by atoms with Crippen molar-refractivity contribution in [2.24, 2.45) is 29.4 Å². The second-order valence-electron chi connectivity index (χ2n) is 12.2. The maximum absolute atomic E-state index is 14.2. The number of primary amides is 1. The number of amides is 2. The number of hydrogen-bond donors (Lipinski definition) is 4. The number of hydrogen-bond acceptors (Lipinski definition) is 10. The highest BCUT2D eigenvalue weighted by atomic mass is 79.9. The lowest BCUT2D eigenvalue weighted by Crippen LogP contribution is -2.74. The van der Waals surface area contributed by atoms with Gasteiger partial charge in [-0.15, -0.1) is 0 Å². The Hall–Kier alpha value is -3.65. The summed E-state index contributed by atoms with van der Waals surface area (Å²) < 4.78 is 0. The summed E-state index contributed by atoms with van der Waals surface area (Å²) in [6.45, 7) is 0. The molecule has 0 heterocycles. The molecule has 7 atom stereocenters. The summed E-state index contributed by atoms with van der Waals surface area (Å²) in [5.74, 6) is -12.5. The predicted octanol–water partition coefficient (Wildman–Crippen LogP) is 1.66. The largest absolute Gasteiger partial charge is 0.505 e. The van der Waals surface area contributed by atoms with Crippen molar-refractivity contribution in [2.75, 3.05) is 38.4 Å². The van der Waals surface area contributed by atoms with Gasteiger partial charge in [-0.25, -0.2) is 0 Å². The van der Waals surface area contributed by atoms with Gasteiger partial charge >= 0.3 is 0 Å². The van der Waals surface area contributed by atoms with Crippen LogP contribution in [0.5, 0.6) is 5.75 Å². The third-order valence-corrected chi connectivity index (χ3v) is 10.5. The number of carbonyl (C=O) groups is 6. The van der Waals surface area contributed by atoms with Crippen molar-refractivity contribution < 1.29 is 39.0 Å². The lowest BCUT2D eigenvalue weighted by molar-refractivity contribution is -0.181. The SMILES string of the molecule is CN(C)c1c(Cl)c(NC(=O)C(Br)c2ccccc2)c(O)c2c1CC1CC3[C@H](N(C)C)C(=O)C(C(N)=O)C(=O)[C@@]3(O)C(=O)C1C2=O. The highest BCUT2D eigenvalue weighted by molar-refractivity contribution is 9.09. The number of fused-ring (bicyclic) bond motifs is 3. The zero-order chi connectivity index (χ0) is 33.3. The van der Waals surface area contributed by atoms with Crippen molar-refractivity contribution in [3.63, 3.8) is 0 Å². The molecule has 2 aromatic carbocycles. The first-order valence-corrected chi connectivity index (χ1v) is 15.4. The van der Waals surface area contributed by atoms with E-state index in [1.54, 1.807) is 49.3 Å². The molecule has 238 valence electrons. The molecule has 0 radical (unpaired) electrons. The molecule has 5 rings (SSSR count). The topological polar surface area (TPSA) is 187 Å². The summed E-state index contributed by atoms with van der Waals surface area (Å²) in [6.07, 6.45) is -0.0814. The van der Waals surface area contributed by atoms with Crippen molar-refractivity contribution in [3.05, 3.63) is 52.0 Å². The van der Waals surface area contributed by atoms with Gasteiger partial charge in [0.2, 0.25) is 11.8 Å². The molecule has 3 aliphatic carbocycles. The second kappa shape index (κ2) is 11.6. The van der Waals surface area contributed by atoms with E-state index < -0.39 is 80.8 Å². The Bertz CT molecular complexity index is 1660. The quantitative estimate of drug-likeness (QED) is 0.196. The summed E-state index contributed by atoms with van der Waals surface area (Å²) in [6, 6.07) is 7.51. The first-order valence-electron chi connectivity index (χ1n) is 14.1. The van der Waals surface area contributed by atoms with Crippen molar-refractivity contribution in [2.45, 2.75) is 29.3 Å². The van der Waals surface area contributed by atoms with E-state index in [-0.39, 0.29) is 29.1 Å². The fraction of sp³-hybridized carbons (Fsp3) is 0.419. The molecule has 14 heteroatoms. The smallest absolute Gasteiger partial charge is 0.242 e. The molecular formula is C31H32BrClN4O8. The Morgan fingerprint density at radius 2 is 1.71 bits per heavy atom. The van der Waals surface area contributed by atoms with Crippen LogP contribution in [0.2, 0.25) is 5.02 Å². The maximum Gasteiger partial charge on any atom is 0.242 e. The molecule has 5 unspecified atom stereocenters. The number of phenols is 1. The minimum atomic E-state index is -2.85. The van der Waals surface area contributed by atoms with Crippen molar-refractivity contribution in [1.29, 1.82) is 0 Å². The van der Waals surface area contributed by atoms with Crippen LogP contribution in [-0.4, -0.2) is 89.9 Å². The van der Waals surface area contributed by atoms with Crippen LogP contribution in [0.1, 0.15) is 32.7 Å². The normalized spacial score (nSPS) is 28.2. The van der Waals surface area contributed by atoms with Crippen molar-refractivity contribution >= 4 is 73.9 Å². The number of halogens is 2. The third-order valence-electron chi connectivity index (χ3n) is 9.16. The van der Waals surface area contributed by atoms with Gasteiger partial charge < -0.3 is 26.2 Å². The average Bonchev–Trinajstić information content (AvgIpc) is 2.96. The number of carbonyl (C=O) groups excluding carboxylic acids is 6. The zero-order valence-electron chi connectivity index (χ0n) is 24.8. The monoisotopic (exact) mass is 702 g/mol. The molecule has 2 aromatic rings. The minimum absolute atomic E-state index is 0.0198. The molecule has 0 aromatic heterocycles. The summed E-state index contributed by atoms with van der Waals surface area (Å²) in [5, 5.41) is 25.8. The van der Waals surface area contributed by atoms with Crippen LogP contribution in [0.3, 0.4) is 0 Å². The number of nitrogens with one attached hydrogen (secondary N) is 1. The zero-order valence-corrected chi connectivity index (χ0v) is 27.2. The molecule has 0 bridgehead atoms. The van der Waals surface area contributed by atoms with E-state index in [0.29, 0.717) is 16.8 Å². The van der Waals surface area contributed by atoms with Crippen LogP contribution in [-0.2, 0) is 30.4 Å². The fourth-order valence-corrected chi connectivity index (χ4v) is 8.07. The number of aliphatic hydroxyl groups is 1. The van der Waals surface area contributed by atoms with Crippen LogP contribution in [0.15, 0.2) is 30.3 Å². The second-order valence-corrected chi connectivity index (χ2v) is 13.5. The van der Waals surface area contributed by atoms with Crippen LogP contribution in [0.4, 0.5) is 11.4 Å². The lowest BCUT2D eigenvalue weighted by Gasteiger charge is -2.52. The third kappa shape index (κ3) is 4.87. The summed E-state index contributed by atoms with van der Waals surface area (Å²) in [4.78, 5) is 82.8. The Kier molecular flexibility index (Phi) is 8.45. The van der Waals surface area contributed by atoms with Gasteiger partial charge in [-0.1, -0.05) is 57.9 Å². The molecule has 2 fully saturated rings. The maximum atomic E-state index is 14.2. The molecule has 12 nitrogen and oxygen atoms in total. The highest BCUT2D eigenvalue weighted by Crippen LogP contribution is 2.55. The molecule has 5 N–H and O–H groups in total. The molecule has 2 amide bonds. The van der Waals surface area contributed by atoms with Crippen LogP contribution in [0, 0.1) is 23.7 Å². The van der Waals surface area contributed by atoms with E-state index >= 15 is 0 Å². The Morgan fingerprint density at radius 1 is 1.09 bits per heavy atom. The van der Waals surface area contributed by atoms with Crippen LogP contribution >= 0.6 is 27.5 Å². The van der Waals surface area contributed by atoms with Crippen molar-refractivity contribution in [3.8, 4) is 5.75 Å². The number of likely N-dealkylation sites (N-methyl/N-ethyl adjacent to an activating group) is 1. The van der Waals surface area contributed by atoms with E-state index in [9.17, 15) is 39.0 Å². The van der Waals surface area contributed by atoms with E-state index in [2.05, 4.69) is 21.2 Å². The van der Waals surface area contributed by atoms with Gasteiger partial charge in [0, 0.05) is 20.0 Å². The molecule has 0 aliphatic heterocycles. The molecule has 3 aliphatic rings. The van der Waals surface area contributed by atoms with Gasteiger partial charge in [-0.3, -0.25) is 33.7 Å². The van der Waals surface area contributed by atoms with Gasteiger partial charge in [-0.05, 0) is 44.0 Å². The Labute approximate surface area is 272 Å². The first-order chi connectivity index (χ1) is 21.0.